The molecule has 4 unspecified atom stereocenters. The fourth-order valence-electron chi connectivity index (χ4n) is 10.2. The van der Waals surface area contributed by atoms with E-state index in [1.807, 2.05) is 29.8 Å². The number of ether oxygens (including phenoxy) is 3. The largest absolute Gasteiger partial charge is 0.453 e. The highest BCUT2D eigenvalue weighted by molar-refractivity contribution is 6.04. The topological polar surface area (TPSA) is 139 Å². The molecule has 2 N–H and O–H groups in total. The molecule has 2 aromatic carbocycles. The van der Waals surface area contributed by atoms with Crippen LogP contribution in [0.4, 0.5) is 9.59 Å². The lowest BCUT2D eigenvalue weighted by Crippen LogP contribution is -2.54. The van der Waals surface area contributed by atoms with Crippen molar-refractivity contribution in [3.63, 3.8) is 0 Å². The van der Waals surface area contributed by atoms with E-state index in [2.05, 4.69) is 59.2 Å². The summed E-state index contributed by atoms with van der Waals surface area (Å²) in [4.78, 5) is 60.8. The number of methoxy groups -OCH3 is 2. The predicted octanol–water partition coefficient (Wildman–Crippen LogP) is 7.30. The number of nitrogens with zero attached hydrogens (tertiary/aromatic N) is 3. The Kier molecular flexibility index (Phi) is 12.1. The van der Waals surface area contributed by atoms with Crippen molar-refractivity contribution in [2.75, 3.05) is 40.5 Å². The minimum absolute atomic E-state index is 0.0272. The second-order valence-electron chi connectivity index (χ2n) is 17.1. The average molecular weight is 804 g/mol. The molecule has 3 saturated heterocycles. The van der Waals surface area contributed by atoms with Gasteiger partial charge in [0.1, 0.15) is 12.1 Å². The van der Waals surface area contributed by atoms with E-state index in [0.717, 1.165) is 85.8 Å². The number of alkyl carbamates (subject to hydrolysis) is 2. The number of carbonyl (C=O) groups is 4. The van der Waals surface area contributed by atoms with Gasteiger partial charge in [-0.25, -0.2) is 9.59 Å². The summed E-state index contributed by atoms with van der Waals surface area (Å²) in [5.74, 6) is -0.261. The number of hydrogen-bond acceptors (Lipinski definition) is 8. The molecule has 0 spiro atoms. The van der Waals surface area contributed by atoms with Gasteiger partial charge in [0, 0.05) is 43.9 Å². The first kappa shape index (κ1) is 40.5. The SMILES string of the molecule is COC(=O)NC(C(=O)N1CCCC1C1=C2CCCC2=C(c2ccc(-c3ccc(C4=CN=C(C5CCCN5C(=O)[C@@H](NC(=O)OC)C(C)C)C4)cc3)cc2)C1)C1CCOC1. The predicted molar refractivity (Wildman–Crippen MR) is 226 cm³/mol. The van der Waals surface area contributed by atoms with E-state index in [4.69, 9.17) is 19.2 Å². The molecule has 12 nitrogen and oxygen atoms in total. The molecule has 4 aliphatic heterocycles. The standard InChI is InChI=1S/C47H57N5O7/c1-28(2)42(49-46(55)57-3)44(53)52-22-7-11-41(52)39-24-34(26-48-39)31-14-12-29(13-15-31)30-16-18-32(19-17-30)37-25-38(36-9-5-8-35(36)37)40-10-6-21-51(40)45(54)43(50-47(56)58-4)33-20-23-59-27-33/h12-19,26,28,33,40-43H,5-11,20-25,27H2,1-4H3,(H,49,55)(H,50,56)/t33?,40?,41?,42-,43?/m0/s1. The Balaban J connectivity index is 0.910. The Morgan fingerprint density at radius 3 is 1.97 bits per heavy atom. The van der Waals surface area contributed by atoms with Crippen molar-refractivity contribution >= 4 is 40.9 Å². The Morgan fingerprint density at radius 1 is 0.712 bits per heavy atom. The molecular formula is C47H57N5O7. The Morgan fingerprint density at radius 2 is 1.32 bits per heavy atom. The average Bonchev–Trinajstić information content (AvgIpc) is 4.11. The van der Waals surface area contributed by atoms with Crippen molar-refractivity contribution in [1.29, 1.82) is 0 Å². The summed E-state index contributed by atoms with van der Waals surface area (Å²) in [7, 11) is 2.64. The van der Waals surface area contributed by atoms with Gasteiger partial charge in [0.2, 0.25) is 11.8 Å². The molecule has 59 heavy (non-hydrogen) atoms. The highest BCUT2D eigenvalue weighted by Gasteiger charge is 2.43. The monoisotopic (exact) mass is 803 g/mol. The highest BCUT2D eigenvalue weighted by atomic mass is 16.5. The van der Waals surface area contributed by atoms with Crippen LogP contribution in [0.5, 0.6) is 0 Å². The molecule has 4 fully saturated rings. The van der Waals surface area contributed by atoms with Crippen LogP contribution in [0.15, 0.2) is 76.4 Å². The number of fused-ring (bicyclic) bond motifs is 1. The molecule has 312 valence electrons. The van der Waals surface area contributed by atoms with Gasteiger partial charge in [0.25, 0.3) is 0 Å². The summed E-state index contributed by atoms with van der Waals surface area (Å²) in [5, 5.41) is 5.58. The molecule has 4 heterocycles. The second kappa shape index (κ2) is 17.6. The number of hydrogen-bond donors (Lipinski definition) is 2. The molecule has 8 rings (SSSR count). The third-order valence-electron chi connectivity index (χ3n) is 13.3. The van der Waals surface area contributed by atoms with Gasteiger partial charge in [0.05, 0.1) is 32.9 Å². The Labute approximate surface area is 347 Å². The molecule has 1 saturated carbocycles. The van der Waals surface area contributed by atoms with Crippen LogP contribution in [0.25, 0.3) is 22.3 Å². The first-order valence-corrected chi connectivity index (χ1v) is 21.4. The zero-order valence-corrected chi connectivity index (χ0v) is 34.8. The van der Waals surface area contributed by atoms with Gasteiger partial charge >= 0.3 is 12.2 Å². The van der Waals surface area contributed by atoms with Crippen molar-refractivity contribution in [2.45, 2.75) is 102 Å². The lowest BCUT2D eigenvalue weighted by molar-refractivity contribution is -0.135. The molecule has 0 radical (unpaired) electrons. The summed E-state index contributed by atoms with van der Waals surface area (Å²) in [6.07, 6.45) is 9.88. The summed E-state index contributed by atoms with van der Waals surface area (Å²) >= 11 is 0. The normalized spacial score (nSPS) is 23.7. The van der Waals surface area contributed by atoms with E-state index in [9.17, 15) is 19.2 Å². The lowest BCUT2D eigenvalue weighted by Gasteiger charge is -2.32. The van der Waals surface area contributed by atoms with Gasteiger partial charge in [-0.1, -0.05) is 62.4 Å². The van der Waals surface area contributed by atoms with Gasteiger partial charge in [-0.05, 0) is 114 Å². The van der Waals surface area contributed by atoms with Gasteiger partial charge in [-0.2, -0.15) is 0 Å². The van der Waals surface area contributed by atoms with Crippen molar-refractivity contribution in [3.8, 4) is 11.1 Å². The van der Waals surface area contributed by atoms with Crippen LogP contribution in [0.2, 0.25) is 0 Å². The first-order chi connectivity index (χ1) is 28.6. The fraction of sp³-hybridized carbons (Fsp3) is 0.511. The van der Waals surface area contributed by atoms with Crippen LogP contribution < -0.4 is 10.6 Å². The number of allylic oxidation sites excluding steroid dienone is 4. The number of benzene rings is 2. The zero-order valence-electron chi connectivity index (χ0n) is 34.8. The molecule has 5 atom stereocenters. The summed E-state index contributed by atoms with van der Waals surface area (Å²) in [6.45, 7) is 6.23. The van der Waals surface area contributed by atoms with Crippen LogP contribution >= 0.6 is 0 Å². The van der Waals surface area contributed by atoms with Crippen LogP contribution in [0, 0.1) is 11.8 Å². The maximum atomic E-state index is 14.2. The van der Waals surface area contributed by atoms with E-state index in [0.29, 0.717) is 32.7 Å². The number of aliphatic imine (C=N–C) groups is 1. The van der Waals surface area contributed by atoms with Crippen LogP contribution in [-0.2, 0) is 23.8 Å². The third-order valence-corrected chi connectivity index (χ3v) is 13.3. The summed E-state index contributed by atoms with van der Waals surface area (Å²) < 4.78 is 15.3. The van der Waals surface area contributed by atoms with Crippen molar-refractivity contribution in [2.24, 2.45) is 16.8 Å². The van der Waals surface area contributed by atoms with Crippen LogP contribution in [-0.4, -0.2) is 104 Å². The Hall–Kier alpha value is -5.23. The highest BCUT2D eigenvalue weighted by Crippen LogP contribution is 2.50. The number of amides is 4. The van der Waals surface area contributed by atoms with Crippen molar-refractivity contribution in [3.05, 3.63) is 82.6 Å². The molecule has 12 heteroatoms. The zero-order chi connectivity index (χ0) is 41.2. The molecule has 0 aromatic heterocycles. The molecule has 2 aromatic rings. The molecular weight excluding hydrogens is 747 g/mol. The van der Waals surface area contributed by atoms with Crippen molar-refractivity contribution in [1.82, 2.24) is 20.4 Å². The molecule has 2 aliphatic carbocycles. The van der Waals surface area contributed by atoms with E-state index in [1.54, 1.807) is 0 Å². The van der Waals surface area contributed by atoms with E-state index >= 15 is 0 Å². The minimum Gasteiger partial charge on any atom is -0.453 e. The first-order valence-electron chi connectivity index (χ1n) is 21.4. The van der Waals surface area contributed by atoms with E-state index in [-0.39, 0.29) is 35.7 Å². The number of likely N-dealkylation sites (tertiary alicyclic amines) is 2. The summed E-state index contributed by atoms with van der Waals surface area (Å²) in [5.41, 5.74) is 12.4. The van der Waals surface area contributed by atoms with Gasteiger partial charge in [0.15, 0.2) is 0 Å². The summed E-state index contributed by atoms with van der Waals surface area (Å²) in [6, 6.07) is 16.2. The molecule has 0 bridgehead atoms. The molecule has 4 amide bonds. The van der Waals surface area contributed by atoms with Gasteiger partial charge < -0.3 is 34.6 Å². The number of rotatable bonds is 11. The Bertz CT molecular complexity index is 2080. The van der Waals surface area contributed by atoms with Crippen LogP contribution in [0.3, 0.4) is 0 Å². The molecule has 6 aliphatic rings. The maximum Gasteiger partial charge on any atom is 0.407 e. The maximum absolute atomic E-state index is 14.2. The second-order valence-corrected chi connectivity index (χ2v) is 17.1. The number of carbonyl (C=O) groups excluding carboxylic acids is 4. The smallest absolute Gasteiger partial charge is 0.407 e. The van der Waals surface area contributed by atoms with E-state index in [1.165, 1.54) is 42.1 Å². The minimum atomic E-state index is -0.655. The van der Waals surface area contributed by atoms with Crippen LogP contribution in [0.1, 0.15) is 89.2 Å². The number of nitrogens with one attached hydrogen (secondary N) is 2. The van der Waals surface area contributed by atoms with E-state index < -0.39 is 24.3 Å². The fourth-order valence-corrected chi connectivity index (χ4v) is 10.2. The van der Waals surface area contributed by atoms with Crippen molar-refractivity contribution < 1.29 is 33.4 Å². The quantitative estimate of drug-likeness (QED) is 0.243. The van der Waals surface area contributed by atoms with Gasteiger partial charge in [-0.3, -0.25) is 14.6 Å². The lowest BCUT2D eigenvalue weighted by atomic mass is 9.93. The third kappa shape index (κ3) is 8.20. The van der Waals surface area contributed by atoms with Gasteiger partial charge in [-0.15, -0.1) is 0 Å².